The molecule has 1 nitrogen and oxygen atoms in total. The Hall–Kier alpha value is -0.890. The Morgan fingerprint density at radius 2 is 2.00 bits per heavy atom. The van der Waals surface area contributed by atoms with Gasteiger partial charge in [-0.25, -0.2) is 4.39 Å². The maximum atomic E-state index is 13.5. The van der Waals surface area contributed by atoms with Crippen molar-refractivity contribution in [3.63, 3.8) is 0 Å². The van der Waals surface area contributed by atoms with E-state index in [0.29, 0.717) is 5.92 Å². The lowest BCUT2D eigenvalue weighted by Crippen LogP contribution is -2.15. The first-order valence-electron chi connectivity index (χ1n) is 5.11. The van der Waals surface area contributed by atoms with Gasteiger partial charge < -0.3 is 4.74 Å². The van der Waals surface area contributed by atoms with E-state index in [-0.39, 0.29) is 5.82 Å². The minimum absolute atomic E-state index is 0.0671. The van der Waals surface area contributed by atoms with Crippen molar-refractivity contribution < 1.29 is 9.13 Å². The van der Waals surface area contributed by atoms with Crippen LogP contribution in [0, 0.1) is 12.7 Å². The Kier molecular flexibility index (Phi) is 2.82. The Balaban J connectivity index is 2.24. The van der Waals surface area contributed by atoms with Crippen LogP contribution in [-0.2, 0) is 4.74 Å². The van der Waals surface area contributed by atoms with Gasteiger partial charge >= 0.3 is 0 Å². The summed E-state index contributed by atoms with van der Waals surface area (Å²) in [7, 11) is 0. The number of ether oxygens (including phenoxy) is 1. The zero-order valence-electron chi connectivity index (χ0n) is 8.42. The van der Waals surface area contributed by atoms with Crippen molar-refractivity contribution in [2.45, 2.75) is 25.7 Å². The van der Waals surface area contributed by atoms with Gasteiger partial charge in [0.15, 0.2) is 0 Å². The van der Waals surface area contributed by atoms with Crippen LogP contribution in [0.4, 0.5) is 4.39 Å². The van der Waals surface area contributed by atoms with E-state index in [1.165, 1.54) is 0 Å². The highest BCUT2D eigenvalue weighted by Crippen LogP contribution is 2.29. The molecule has 0 atom stereocenters. The van der Waals surface area contributed by atoms with E-state index in [1.807, 2.05) is 19.1 Å². The summed E-state index contributed by atoms with van der Waals surface area (Å²) >= 11 is 0. The van der Waals surface area contributed by atoms with Crippen LogP contribution in [0.5, 0.6) is 0 Å². The monoisotopic (exact) mass is 194 g/mol. The van der Waals surface area contributed by atoms with Crippen LogP contribution >= 0.6 is 0 Å². The van der Waals surface area contributed by atoms with Gasteiger partial charge in [0.1, 0.15) is 5.82 Å². The highest BCUT2D eigenvalue weighted by Gasteiger charge is 2.18. The standard InChI is InChI=1S/C12H15FO/c1-9-2-3-12(13)11(8-9)10-4-6-14-7-5-10/h2-3,8,10H,4-7H2,1H3. The summed E-state index contributed by atoms with van der Waals surface area (Å²) in [6, 6.07) is 5.35. The molecule has 1 fully saturated rings. The minimum Gasteiger partial charge on any atom is -0.381 e. The summed E-state index contributed by atoms with van der Waals surface area (Å²) in [6.45, 7) is 3.53. The number of aryl methyl sites for hydroxylation is 1. The maximum absolute atomic E-state index is 13.5. The third-order valence-electron chi connectivity index (χ3n) is 2.81. The third-order valence-corrected chi connectivity index (χ3v) is 2.81. The molecule has 1 aliphatic rings. The van der Waals surface area contributed by atoms with Crippen molar-refractivity contribution in [1.82, 2.24) is 0 Å². The van der Waals surface area contributed by atoms with Gasteiger partial charge in [-0.15, -0.1) is 0 Å². The minimum atomic E-state index is -0.0671. The molecule has 1 saturated heterocycles. The number of hydrogen-bond donors (Lipinski definition) is 0. The van der Waals surface area contributed by atoms with Crippen molar-refractivity contribution in [2.24, 2.45) is 0 Å². The van der Waals surface area contributed by atoms with Gasteiger partial charge in [-0.3, -0.25) is 0 Å². The van der Waals surface area contributed by atoms with Crippen LogP contribution in [0.15, 0.2) is 18.2 Å². The second kappa shape index (κ2) is 4.09. The summed E-state index contributed by atoms with van der Waals surface area (Å²) in [5.41, 5.74) is 2.00. The second-order valence-corrected chi connectivity index (χ2v) is 3.91. The van der Waals surface area contributed by atoms with Crippen LogP contribution in [0.25, 0.3) is 0 Å². The molecule has 1 aliphatic heterocycles. The zero-order valence-corrected chi connectivity index (χ0v) is 8.42. The van der Waals surface area contributed by atoms with Gasteiger partial charge in [0.2, 0.25) is 0 Å². The summed E-state index contributed by atoms with van der Waals surface area (Å²) in [4.78, 5) is 0. The highest BCUT2D eigenvalue weighted by atomic mass is 19.1. The molecule has 0 amide bonds. The second-order valence-electron chi connectivity index (χ2n) is 3.91. The Morgan fingerprint density at radius 3 is 2.71 bits per heavy atom. The van der Waals surface area contributed by atoms with Crippen molar-refractivity contribution in [3.05, 3.63) is 35.1 Å². The van der Waals surface area contributed by atoms with E-state index in [1.54, 1.807) is 6.07 Å². The van der Waals surface area contributed by atoms with E-state index in [2.05, 4.69) is 0 Å². The van der Waals surface area contributed by atoms with E-state index in [0.717, 1.165) is 37.2 Å². The fraction of sp³-hybridized carbons (Fsp3) is 0.500. The Morgan fingerprint density at radius 1 is 1.29 bits per heavy atom. The summed E-state index contributed by atoms with van der Waals surface area (Å²) in [5, 5.41) is 0. The van der Waals surface area contributed by atoms with E-state index >= 15 is 0 Å². The maximum Gasteiger partial charge on any atom is 0.126 e. The first-order valence-corrected chi connectivity index (χ1v) is 5.11. The topological polar surface area (TPSA) is 9.23 Å². The summed E-state index contributed by atoms with van der Waals surface area (Å²) < 4.78 is 18.8. The number of benzene rings is 1. The zero-order chi connectivity index (χ0) is 9.97. The molecule has 0 bridgehead atoms. The molecule has 0 saturated carbocycles. The number of rotatable bonds is 1. The van der Waals surface area contributed by atoms with Crippen LogP contribution < -0.4 is 0 Å². The van der Waals surface area contributed by atoms with Gasteiger partial charge in [0.05, 0.1) is 0 Å². The molecule has 76 valence electrons. The van der Waals surface area contributed by atoms with Crippen molar-refractivity contribution in [1.29, 1.82) is 0 Å². The van der Waals surface area contributed by atoms with Gasteiger partial charge in [-0.1, -0.05) is 17.7 Å². The molecule has 2 heteroatoms. The van der Waals surface area contributed by atoms with E-state index in [9.17, 15) is 4.39 Å². The molecule has 1 aromatic rings. The Bertz CT molecular complexity index is 316. The fourth-order valence-electron chi connectivity index (χ4n) is 1.98. The Labute approximate surface area is 83.9 Å². The van der Waals surface area contributed by atoms with Gasteiger partial charge in [-0.2, -0.15) is 0 Å². The first kappa shape index (κ1) is 9.66. The predicted molar refractivity (Wildman–Crippen MR) is 53.9 cm³/mol. The van der Waals surface area contributed by atoms with Crippen LogP contribution in [0.1, 0.15) is 29.9 Å². The molecule has 1 aromatic carbocycles. The van der Waals surface area contributed by atoms with Gasteiger partial charge in [-0.05, 0) is 37.3 Å². The number of hydrogen-bond acceptors (Lipinski definition) is 1. The molecule has 0 N–H and O–H groups in total. The molecule has 0 spiro atoms. The van der Waals surface area contributed by atoms with Gasteiger partial charge in [0, 0.05) is 13.2 Å². The van der Waals surface area contributed by atoms with Crippen LogP contribution in [0.2, 0.25) is 0 Å². The molecule has 0 aliphatic carbocycles. The quantitative estimate of drug-likeness (QED) is 0.667. The number of halogens is 1. The third kappa shape index (κ3) is 1.95. The fourth-order valence-corrected chi connectivity index (χ4v) is 1.98. The lowest BCUT2D eigenvalue weighted by molar-refractivity contribution is 0.0846. The lowest BCUT2D eigenvalue weighted by Gasteiger charge is -2.23. The molecule has 14 heavy (non-hydrogen) atoms. The van der Waals surface area contributed by atoms with E-state index in [4.69, 9.17) is 4.74 Å². The molecular weight excluding hydrogens is 179 g/mol. The predicted octanol–water partition coefficient (Wildman–Crippen LogP) is 3.03. The van der Waals surface area contributed by atoms with Crippen LogP contribution in [-0.4, -0.2) is 13.2 Å². The molecule has 0 aromatic heterocycles. The highest BCUT2D eigenvalue weighted by molar-refractivity contribution is 5.27. The van der Waals surface area contributed by atoms with E-state index < -0.39 is 0 Å². The van der Waals surface area contributed by atoms with Crippen LogP contribution in [0.3, 0.4) is 0 Å². The lowest BCUT2D eigenvalue weighted by atomic mass is 9.90. The van der Waals surface area contributed by atoms with Gasteiger partial charge in [0.25, 0.3) is 0 Å². The molecule has 0 unspecified atom stereocenters. The largest absolute Gasteiger partial charge is 0.381 e. The molecule has 1 heterocycles. The van der Waals surface area contributed by atoms with Crippen molar-refractivity contribution in [2.75, 3.05) is 13.2 Å². The normalized spacial score (nSPS) is 18.4. The average Bonchev–Trinajstić information content (AvgIpc) is 2.23. The van der Waals surface area contributed by atoms with Crippen molar-refractivity contribution >= 4 is 0 Å². The summed E-state index contributed by atoms with van der Waals surface area (Å²) in [6.07, 6.45) is 1.89. The molecule has 0 radical (unpaired) electrons. The first-order chi connectivity index (χ1) is 6.77. The molecular formula is C12H15FO. The smallest absolute Gasteiger partial charge is 0.126 e. The van der Waals surface area contributed by atoms with Crippen molar-refractivity contribution in [3.8, 4) is 0 Å². The molecule has 2 rings (SSSR count). The SMILES string of the molecule is Cc1ccc(F)c(C2CCOCC2)c1. The average molecular weight is 194 g/mol. The summed E-state index contributed by atoms with van der Waals surface area (Å²) in [5.74, 6) is 0.283.